The molecule has 0 amide bonds. The summed E-state index contributed by atoms with van der Waals surface area (Å²) in [5.74, 6) is 5.33. The van der Waals surface area contributed by atoms with Crippen molar-refractivity contribution in [3.63, 3.8) is 0 Å². The molecule has 0 radical (unpaired) electrons. The molecule has 0 atom stereocenters. The summed E-state index contributed by atoms with van der Waals surface area (Å²) in [7, 11) is 0. The minimum Gasteiger partial charge on any atom is -0.323 e. The van der Waals surface area contributed by atoms with E-state index in [-0.39, 0.29) is 0 Å². The van der Waals surface area contributed by atoms with Gasteiger partial charge in [-0.15, -0.1) is 11.8 Å². The van der Waals surface area contributed by atoms with Crippen molar-refractivity contribution in [1.82, 2.24) is 0 Å². The molecule has 0 heterocycles. The van der Waals surface area contributed by atoms with Crippen LogP contribution >= 0.6 is 34.4 Å². The zero-order valence-electron chi connectivity index (χ0n) is 6.10. The topological polar surface area (TPSA) is 38.0 Å². The third-order valence-corrected chi connectivity index (χ3v) is 3.44. The predicted molar refractivity (Wildman–Crippen MR) is 58.8 cm³/mol. The van der Waals surface area contributed by atoms with Crippen molar-refractivity contribution in [2.45, 2.75) is 4.90 Å². The minimum atomic E-state index is 0.990. The Morgan fingerprint density at radius 1 is 1.55 bits per heavy atom. The fourth-order valence-electron chi connectivity index (χ4n) is 0.830. The smallest absolute Gasteiger partial charge is 0.0631 e. The van der Waals surface area contributed by atoms with Gasteiger partial charge in [0.2, 0.25) is 0 Å². The highest BCUT2D eigenvalue weighted by Gasteiger charge is 2.02. The van der Waals surface area contributed by atoms with E-state index in [1.54, 1.807) is 11.8 Å². The lowest BCUT2D eigenvalue weighted by Crippen LogP contribution is -2.07. The van der Waals surface area contributed by atoms with Crippen molar-refractivity contribution in [2.75, 3.05) is 11.7 Å². The molecule has 0 spiro atoms. The van der Waals surface area contributed by atoms with E-state index in [1.165, 1.54) is 8.47 Å². The van der Waals surface area contributed by atoms with Crippen molar-refractivity contribution in [1.29, 1.82) is 0 Å². The summed E-state index contributed by atoms with van der Waals surface area (Å²) in [5, 5.41) is 0. The summed E-state index contributed by atoms with van der Waals surface area (Å²) in [4.78, 5) is 1.20. The average Bonchev–Trinajstić information content (AvgIpc) is 2.04. The number of thioether (sulfide) groups is 1. The zero-order valence-corrected chi connectivity index (χ0v) is 9.07. The van der Waals surface area contributed by atoms with Gasteiger partial charge in [0.15, 0.2) is 0 Å². The molecule has 0 aliphatic heterocycles. The van der Waals surface area contributed by atoms with Crippen LogP contribution in [0.25, 0.3) is 0 Å². The molecule has 0 aliphatic rings. The molecule has 1 rings (SSSR count). The fourth-order valence-corrected chi connectivity index (χ4v) is 2.60. The lowest BCUT2D eigenvalue weighted by molar-refractivity contribution is 1.27. The number of halogens is 1. The van der Waals surface area contributed by atoms with Gasteiger partial charge >= 0.3 is 0 Å². The molecular weight excluding hydrogens is 271 g/mol. The summed E-state index contributed by atoms with van der Waals surface area (Å²) in [6.07, 6.45) is 2.04. The van der Waals surface area contributed by atoms with Crippen LogP contribution in [-0.4, -0.2) is 6.26 Å². The molecule has 0 saturated heterocycles. The van der Waals surface area contributed by atoms with E-state index in [0.29, 0.717) is 0 Å². The van der Waals surface area contributed by atoms with Crippen LogP contribution in [-0.2, 0) is 0 Å². The maximum absolute atomic E-state index is 5.33. The van der Waals surface area contributed by atoms with Gasteiger partial charge in [0.05, 0.1) is 5.69 Å². The summed E-state index contributed by atoms with van der Waals surface area (Å²) in [5.41, 5.74) is 3.65. The Kier molecular flexibility index (Phi) is 3.47. The van der Waals surface area contributed by atoms with Gasteiger partial charge in [-0.2, -0.15) is 0 Å². The Balaban J connectivity index is 3.13. The molecule has 3 N–H and O–H groups in total. The number of benzene rings is 1. The lowest BCUT2D eigenvalue weighted by atomic mass is 10.3. The second kappa shape index (κ2) is 4.18. The number of nitrogens with one attached hydrogen (secondary N) is 1. The first-order valence-corrected chi connectivity index (χ1v) is 5.39. The van der Waals surface area contributed by atoms with Crippen LogP contribution in [0.3, 0.4) is 0 Å². The molecule has 0 aliphatic carbocycles. The van der Waals surface area contributed by atoms with Gasteiger partial charge in [0.1, 0.15) is 0 Å². The number of rotatable bonds is 2. The first-order valence-electron chi connectivity index (χ1n) is 3.08. The average molecular weight is 280 g/mol. The number of nitrogens with two attached hydrogens (primary N) is 1. The van der Waals surface area contributed by atoms with Crippen LogP contribution in [0.4, 0.5) is 5.69 Å². The molecule has 0 bridgehead atoms. The maximum atomic E-state index is 5.33. The van der Waals surface area contributed by atoms with E-state index >= 15 is 0 Å². The van der Waals surface area contributed by atoms with Gasteiger partial charge in [-0.25, -0.2) is 0 Å². The molecule has 1 aromatic carbocycles. The summed E-state index contributed by atoms with van der Waals surface area (Å²) < 4.78 is 1.23. The van der Waals surface area contributed by atoms with E-state index in [1.807, 2.05) is 18.4 Å². The minimum absolute atomic E-state index is 0.990. The molecule has 0 aromatic heterocycles. The van der Waals surface area contributed by atoms with Crippen molar-refractivity contribution in [2.24, 2.45) is 5.84 Å². The van der Waals surface area contributed by atoms with Crippen LogP contribution in [0.2, 0.25) is 0 Å². The molecule has 0 fully saturated rings. The Bertz CT molecular complexity index is 252. The van der Waals surface area contributed by atoms with E-state index in [2.05, 4.69) is 34.1 Å². The van der Waals surface area contributed by atoms with Gasteiger partial charge in [0, 0.05) is 8.47 Å². The number of hydrogen-bond acceptors (Lipinski definition) is 3. The molecule has 1 aromatic rings. The number of hydrogen-bond donors (Lipinski definition) is 2. The third-order valence-electron chi connectivity index (χ3n) is 1.33. The lowest BCUT2D eigenvalue weighted by Gasteiger charge is -2.07. The largest absolute Gasteiger partial charge is 0.323 e. The molecule has 60 valence electrons. The van der Waals surface area contributed by atoms with Gasteiger partial charge in [-0.1, -0.05) is 6.07 Å². The first kappa shape index (κ1) is 9.15. The molecule has 2 nitrogen and oxygen atoms in total. The Morgan fingerprint density at radius 3 is 2.73 bits per heavy atom. The normalized spacial score (nSPS) is 9.73. The van der Waals surface area contributed by atoms with Crippen LogP contribution in [0.15, 0.2) is 23.1 Å². The predicted octanol–water partition coefficient (Wildman–Crippen LogP) is 2.30. The van der Waals surface area contributed by atoms with E-state index < -0.39 is 0 Å². The summed E-state index contributed by atoms with van der Waals surface area (Å²) >= 11 is 3.99. The second-order valence-corrected chi connectivity index (χ2v) is 3.94. The quantitative estimate of drug-likeness (QED) is 0.378. The Hall–Kier alpha value is 0.0600. The summed E-state index contributed by atoms with van der Waals surface area (Å²) in [6, 6.07) is 6.01. The van der Waals surface area contributed by atoms with Gasteiger partial charge in [-0.05, 0) is 41.0 Å². The number of nitrogen functional groups attached to an aromatic ring is 1. The molecule has 11 heavy (non-hydrogen) atoms. The highest BCUT2D eigenvalue weighted by Crippen LogP contribution is 2.29. The zero-order chi connectivity index (χ0) is 8.27. The van der Waals surface area contributed by atoms with Crippen LogP contribution in [0, 0.1) is 3.57 Å². The van der Waals surface area contributed by atoms with Crippen LogP contribution in [0.5, 0.6) is 0 Å². The maximum Gasteiger partial charge on any atom is 0.0631 e. The van der Waals surface area contributed by atoms with Gasteiger partial charge in [0.25, 0.3) is 0 Å². The van der Waals surface area contributed by atoms with Crippen molar-refractivity contribution in [3.05, 3.63) is 21.8 Å². The fraction of sp³-hybridized carbons (Fsp3) is 0.143. The monoisotopic (exact) mass is 280 g/mol. The van der Waals surface area contributed by atoms with Crippen molar-refractivity contribution in [3.8, 4) is 0 Å². The van der Waals surface area contributed by atoms with E-state index in [9.17, 15) is 0 Å². The second-order valence-electron chi connectivity index (χ2n) is 1.96. The van der Waals surface area contributed by atoms with E-state index in [4.69, 9.17) is 5.84 Å². The van der Waals surface area contributed by atoms with Crippen LogP contribution < -0.4 is 11.3 Å². The first-order chi connectivity index (χ1) is 5.29. The Labute approximate surface area is 84.0 Å². The highest BCUT2D eigenvalue weighted by molar-refractivity contribution is 14.1. The van der Waals surface area contributed by atoms with Crippen LogP contribution in [0.1, 0.15) is 0 Å². The van der Waals surface area contributed by atoms with E-state index in [0.717, 1.165) is 5.69 Å². The Morgan fingerprint density at radius 2 is 2.27 bits per heavy atom. The number of hydrazine groups is 1. The molecule has 0 unspecified atom stereocenters. The van der Waals surface area contributed by atoms with Crippen molar-refractivity contribution >= 4 is 40.0 Å². The van der Waals surface area contributed by atoms with Crippen molar-refractivity contribution < 1.29 is 0 Å². The summed E-state index contributed by atoms with van der Waals surface area (Å²) in [6.45, 7) is 0. The SMILES string of the molecule is CSc1c(I)cccc1NN. The van der Waals surface area contributed by atoms with Gasteiger partial charge < -0.3 is 5.43 Å². The molecule has 4 heteroatoms. The number of anilines is 1. The van der Waals surface area contributed by atoms with Gasteiger partial charge in [-0.3, -0.25) is 5.84 Å². The highest BCUT2D eigenvalue weighted by atomic mass is 127. The molecule has 0 saturated carbocycles. The third kappa shape index (κ3) is 2.00. The molecular formula is C7H9IN2S. The standard InChI is InChI=1S/C7H9IN2S/c1-11-7-5(8)3-2-4-6(7)10-9/h2-4,10H,9H2,1H3.